The van der Waals surface area contributed by atoms with Crippen molar-refractivity contribution in [1.82, 2.24) is 4.57 Å². The van der Waals surface area contributed by atoms with E-state index in [0.29, 0.717) is 11.6 Å². The highest BCUT2D eigenvalue weighted by atomic mass is 19.1. The number of ketones is 1. The van der Waals surface area contributed by atoms with Crippen molar-refractivity contribution in [2.75, 3.05) is 13.7 Å². The van der Waals surface area contributed by atoms with Gasteiger partial charge in [-0.25, -0.2) is 9.18 Å². The second-order valence-electron chi connectivity index (χ2n) is 6.23. The Bertz CT molecular complexity index is 836. The first-order valence-corrected chi connectivity index (χ1v) is 8.14. The Balaban J connectivity index is 1.71. The zero-order chi connectivity index (χ0) is 18.1. The number of aryl methyl sites for hydroxylation is 1. The molecule has 6 heteroatoms. The van der Waals surface area contributed by atoms with Crippen molar-refractivity contribution in [1.29, 1.82) is 0 Å². The van der Waals surface area contributed by atoms with Crippen LogP contribution in [0.5, 0.6) is 5.75 Å². The van der Waals surface area contributed by atoms with Crippen LogP contribution in [0.2, 0.25) is 0 Å². The van der Waals surface area contributed by atoms with E-state index in [9.17, 15) is 14.0 Å². The van der Waals surface area contributed by atoms with E-state index in [1.54, 1.807) is 6.07 Å². The van der Waals surface area contributed by atoms with Gasteiger partial charge in [0.15, 0.2) is 6.61 Å². The average Bonchev–Trinajstić information content (AvgIpc) is 3.37. The molecule has 0 radical (unpaired) electrons. The number of aromatic nitrogens is 1. The van der Waals surface area contributed by atoms with Crippen molar-refractivity contribution in [2.24, 2.45) is 0 Å². The fraction of sp³-hybridized carbons (Fsp3) is 0.368. The number of esters is 1. The van der Waals surface area contributed by atoms with Gasteiger partial charge < -0.3 is 14.0 Å². The third kappa shape index (κ3) is 3.43. The van der Waals surface area contributed by atoms with Crippen molar-refractivity contribution in [2.45, 2.75) is 32.7 Å². The van der Waals surface area contributed by atoms with Gasteiger partial charge in [-0.1, -0.05) is 0 Å². The fourth-order valence-electron chi connectivity index (χ4n) is 3.06. The molecule has 132 valence electrons. The Morgan fingerprint density at radius 2 is 1.92 bits per heavy atom. The predicted octanol–water partition coefficient (Wildman–Crippen LogP) is 3.63. The highest BCUT2D eigenvalue weighted by Crippen LogP contribution is 2.38. The van der Waals surface area contributed by atoms with E-state index in [0.717, 1.165) is 30.3 Å². The smallest absolute Gasteiger partial charge is 0.340 e. The lowest BCUT2D eigenvalue weighted by atomic mass is 10.1. The monoisotopic (exact) mass is 345 g/mol. The normalized spacial score (nSPS) is 13.6. The molecule has 0 unspecified atom stereocenters. The lowest BCUT2D eigenvalue weighted by molar-refractivity contribution is 0.0473. The van der Waals surface area contributed by atoms with E-state index in [2.05, 4.69) is 4.57 Å². The summed E-state index contributed by atoms with van der Waals surface area (Å²) in [4.78, 5) is 24.6. The molecule has 1 aliphatic rings. The van der Waals surface area contributed by atoms with Gasteiger partial charge in [-0.3, -0.25) is 4.79 Å². The second-order valence-corrected chi connectivity index (χ2v) is 6.23. The van der Waals surface area contributed by atoms with Crippen LogP contribution >= 0.6 is 0 Å². The van der Waals surface area contributed by atoms with Crippen molar-refractivity contribution in [3.8, 4) is 5.75 Å². The third-order valence-electron chi connectivity index (χ3n) is 4.41. The maximum absolute atomic E-state index is 13.4. The van der Waals surface area contributed by atoms with Crippen LogP contribution in [0, 0.1) is 19.7 Å². The molecular weight excluding hydrogens is 325 g/mol. The molecule has 3 rings (SSSR count). The molecule has 0 amide bonds. The van der Waals surface area contributed by atoms with E-state index >= 15 is 0 Å². The summed E-state index contributed by atoms with van der Waals surface area (Å²) in [6.45, 7) is 3.36. The number of methoxy groups -OCH3 is 1. The maximum atomic E-state index is 13.4. The largest absolute Gasteiger partial charge is 0.496 e. The Hall–Kier alpha value is -2.63. The molecule has 0 atom stereocenters. The number of nitrogens with zero attached hydrogens (tertiary/aromatic N) is 1. The summed E-state index contributed by atoms with van der Waals surface area (Å²) in [5.74, 6) is -1.37. The molecule has 1 fully saturated rings. The molecular formula is C19H20FNO4. The molecule has 5 nitrogen and oxygen atoms in total. The van der Waals surface area contributed by atoms with Gasteiger partial charge in [-0.05, 0) is 51.0 Å². The highest BCUT2D eigenvalue weighted by Gasteiger charge is 2.29. The summed E-state index contributed by atoms with van der Waals surface area (Å²) in [6.07, 6.45) is 2.23. The zero-order valence-electron chi connectivity index (χ0n) is 14.5. The molecule has 1 aliphatic carbocycles. The number of hydrogen-bond donors (Lipinski definition) is 0. The van der Waals surface area contributed by atoms with Gasteiger partial charge >= 0.3 is 5.97 Å². The van der Waals surface area contributed by atoms with Gasteiger partial charge in [0, 0.05) is 17.4 Å². The summed E-state index contributed by atoms with van der Waals surface area (Å²) >= 11 is 0. The number of hydrogen-bond acceptors (Lipinski definition) is 4. The Morgan fingerprint density at radius 1 is 1.20 bits per heavy atom. The number of ether oxygens (including phenoxy) is 2. The Labute approximate surface area is 145 Å². The lowest BCUT2D eigenvalue weighted by Crippen LogP contribution is -2.16. The third-order valence-corrected chi connectivity index (χ3v) is 4.41. The molecule has 25 heavy (non-hydrogen) atoms. The summed E-state index contributed by atoms with van der Waals surface area (Å²) in [5.41, 5.74) is 2.37. The number of carbonyl (C=O) groups is 2. The van der Waals surface area contributed by atoms with Gasteiger partial charge in [0.1, 0.15) is 11.6 Å². The van der Waals surface area contributed by atoms with Crippen molar-refractivity contribution in [3.63, 3.8) is 0 Å². The van der Waals surface area contributed by atoms with Crippen LogP contribution in [0.3, 0.4) is 0 Å². The van der Waals surface area contributed by atoms with Gasteiger partial charge in [0.2, 0.25) is 5.78 Å². The van der Waals surface area contributed by atoms with Gasteiger partial charge in [-0.2, -0.15) is 0 Å². The van der Waals surface area contributed by atoms with Gasteiger partial charge in [-0.15, -0.1) is 0 Å². The lowest BCUT2D eigenvalue weighted by Gasteiger charge is -2.09. The Kier molecular flexibility index (Phi) is 4.61. The molecule has 1 heterocycles. The number of carbonyl (C=O) groups excluding carboxylic acids is 2. The average molecular weight is 345 g/mol. The molecule has 0 bridgehead atoms. The van der Waals surface area contributed by atoms with Crippen LogP contribution in [0.25, 0.3) is 0 Å². The summed E-state index contributed by atoms with van der Waals surface area (Å²) in [7, 11) is 1.39. The molecule has 0 spiro atoms. The number of benzene rings is 1. The molecule has 0 N–H and O–H groups in total. The van der Waals surface area contributed by atoms with E-state index in [4.69, 9.17) is 9.47 Å². The number of Topliss-reactive ketones (excluding diaryl/α,β-unsaturated/α-hetero) is 1. The zero-order valence-corrected chi connectivity index (χ0v) is 14.5. The molecule has 1 saturated carbocycles. The first-order chi connectivity index (χ1) is 11.9. The minimum atomic E-state index is -0.552. The van der Waals surface area contributed by atoms with E-state index in [1.165, 1.54) is 19.2 Å². The minimum Gasteiger partial charge on any atom is -0.496 e. The predicted molar refractivity (Wildman–Crippen MR) is 89.7 cm³/mol. The standard InChI is InChI=1S/C19H20FNO4/c1-11-8-15(12(2)21(11)14-5-6-14)19(23)25-10-17(22)16-9-13(20)4-7-18(16)24-3/h4,7-9,14H,5-6,10H2,1-3H3. The quantitative estimate of drug-likeness (QED) is 0.593. The molecule has 1 aromatic carbocycles. The van der Waals surface area contributed by atoms with Crippen molar-refractivity contribution < 1.29 is 23.5 Å². The van der Waals surface area contributed by atoms with Crippen LogP contribution in [0.15, 0.2) is 24.3 Å². The van der Waals surface area contributed by atoms with Crippen LogP contribution in [-0.4, -0.2) is 30.0 Å². The van der Waals surface area contributed by atoms with Crippen molar-refractivity contribution >= 4 is 11.8 Å². The summed E-state index contributed by atoms with van der Waals surface area (Å²) in [6, 6.07) is 5.89. The molecule has 1 aromatic heterocycles. The highest BCUT2D eigenvalue weighted by molar-refractivity contribution is 6.01. The summed E-state index contributed by atoms with van der Waals surface area (Å²) in [5, 5.41) is 0. The maximum Gasteiger partial charge on any atom is 0.340 e. The SMILES string of the molecule is COc1ccc(F)cc1C(=O)COC(=O)c1cc(C)n(C2CC2)c1C. The number of rotatable bonds is 6. The van der Waals surface area contributed by atoms with E-state index < -0.39 is 24.2 Å². The molecule has 0 aliphatic heterocycles. The molecule has 2 aromatic rings. The van der Waals surface area contributed by atoms with Crippen LogP contribution in [0.1, 0.15) is 51.0 Å². The second kappa shape index (κ2) is 6.70. The van der Waals surface area contributed by atoms with E-state index in [-0.39, 0.29) is 11.3 Å². The van der Waals surface area contributed by atoms with Crippen LogP contribution in [0.4, 0.5) is 4.39 Å². The first-order valence-electron chi connectivity index (χ1n) is 8.14. The Morgan fingerprint density at radius 3 is 2.56 bits per heavy atom. The fourth-order valence-corrected chi connectivity index (χ4v) is 3.06. The van der Waals surface area contributed by atoms with E-state index in [1.807, 2.05) is 13.8 Å². The number of halogens is 1. The van der Waals surface area contributed by atoms with Crippen molar-refractivity contribution in [3.05, 3.63) is 52.6 Å². The topological polar surface area (TPSA) is 57.5 Å². The minimum absolute atomic E-state index is 0.0544. The van der Waals surface area contributed by atoms with Crippen LogP contribution in [-0.2, 0) is 4.74 Å². The molecule has 0 saturated heterocycles. The van der Waals surface area contributed by atoms with Gasteiger partial charge in [0.05, 0.1) is 18.2 Å². The van der Waals surface area contributed by atoms with Crippen LogP contribution < -0.4 is 4.74 Å². The first kappa shape index (κ1) is 17.2. The summed E-state index contributed by atoms with van der Waals surface area (Å²) < 4.78 is 25.7. The van der Waals surface area contributed by atoms with Gasteiger partial charge in [0.25, 0.3) is 0 Å².